The van der Waals surface area contributed by atoms with E-state index < -0.39 is 0 Å². The van der Waals surface area contributed by atoms with Crippen molar-refractivity contribution in [2.75, 3.05) is 20.2 Å². The maximum Gasteiger partial charge on any atom is 0.168 e. The summed E-state index contributed by atoms with van der Waals surface area (Å²) in [5, 5.41) is 6.85. The quantitative estimate of drug-likeness (QED) is 0.843. The van der Waals surface area contributed by atoms with Crippen molar-refractivity contribution in [3.8, 4) is 5.75 Å². The molecular weight excluding hydrogens is 276 g/mol. The topological polar surface area (TPSA) is 24.8 Å². The Morgan fingerprint density at radius 3 is 3.21 bits per heavy atom. The van der Waals surface area contributed by atoms with Gasteiger partial charge in [-0.05, 0) is 18.2 Å². The molecule has 0 saturated heterocycles. The molecule has 0 unspecified atom stereocenters. The van der Waals surface area contributed by atoms with E-state index in [0.29, 0.717) is 0 Å². The lowest BCUT2D eigenvalue weighted by Gasteiger charge is -2.16. The summed E-state index contributed by atoms with van der Waals surface area (Å²) in [5.74, 6) is 0.911. The van der Waals surface area contributed by atoms with Gasteiger partial charge in [0.1, 0.15) is 5.75 Å². The van der Waals surface area contributed by atoms with Gasteiger partial charge in [-0.1, -0.05) is 11.8 Å². The van der Waals surface area contributed by atoms with Gasteiger partial charge in [0, 0.05) is 33.0 Å². The van der Waals surface area contributed by atoms with Crippen molar-refractivity contribution in [2.45, 2.75) is 0 Å². The standard InChI is InChI=1S/C14H12N2OS2/c1-17-9-2-3-13-10(6-9)11(7-18-13)12-8-19-14-15-4-5-16(12)14/h2-3,6-8H,4-5H2,1H3. The highest BCUT2D eigenvalue weighted by atomic mass is 32.2. The molecule has 0 radical (unpaired) electrons. The third-order valence-corrected chi connectivity index (χ3v) is 5.29. The molecule has 1 aromatic carbocycles. The number of hydrogen-bond acceptors (Lipinski definition) is 5. The van der Waals surface area contributed by atoms with Crippen LogP contribution in [0.3, 0.4) is 0 Å². The van der Waals surface area contributed by atoms with Crippen molar-refractivity contribution in [3.63, 3.8) is 0 Å². The molecule has 96 valence electrons. The molecule has 5 heteroatoms. The zero-order chi connectivity index (χ0) is 12.8. The summed E-state index contributed by atoms with van der Waals surface area (Å²) < 4.78 is 6.64. The number of thioether (sulfide) groups is 1. The first-order valence-electron chi connectivity index (χ1n) is 6.11. The van der Waals surface area contributed by atoms with Crippen LogP contribution in [0.5, 0.6) is 5.75 Å². The van der Waals surface area contributed by atoms with E-state index in [4.69, 9.17) is 4.74 Å². The Kier molecular flexibility index (Phi) is 2.56. The summed E-state index contributed by atoms with van der Waals surface area (Å²) in [7, 11) is 1.71. The van der Waals surface area contributed by atoms with Crippen LogP contribution in [0.4, 0.5) is 0 Å². The minimum atomic E-state index is 0.908. The van der Waals surface area contributed by atoms with Crippen molar-refractivity contribution in [3.05, 3.63) is 34.6 Å². The molecule has 0 saturated carbocycles. The summed E-state index contributed by atoms with van der Waals surface area (Å²) in [6.07, 6.45) is 0. The highest BCUT2D eigenvalue weighted by Gasteiger charge is 2.28. The highest BCUT2D eigenvalue weighted by Crippen LogP contribution is 2.40. The zero-order valence-corrected chi connectivity index (χ0v) is 12.1. The number of thiophene rings is 1. The maximum atomic E-state index is 5.34. The Bertz CT molecular complexity index is 717. The number of hydrogen-bond donors (Lipinski definition) is 0. The van der Waals surface area contributed by atoms with Crippen LogP contribution >= 0.6 is 23.1 Å². The molecule has 0 bridgehead atoms. The second-order valence-electron chi connectivity index (χ2n) is 4.45. The summed E-state index contributed by atoms with van der Waals surface area (Å²) in [4.78, 5) is 6.81. The van der Waals surface area contributed by atoms with Crippen molar-refractivity contribution in [2.24, 2.45) is 4.99 Å². The number of amidine groups is 1. The number of aliphatic imine (C=N–C) groups is 1. The van der Waals surface area contributed by atoms with Crippen LogP contribution in [0.15, 0.2) is 34.0 Å². The van der Waals surface area contributed by atoms with Gasteiger partial charge in [-0.15, -0.1) is 11.3 Å². The summed E-state index contributed by atoms with van der Waals surface area (Å²) in [6, 6.07) is 6.27. The van der Waals surface area contributed by atoms with E-state index in [-0.39, 0.29) is 0 Å². The number of methoxy groups -OCH3 is 1. The zero-order valence-electron chi connectivity index (χ0n) is 10.4. The molecule has 3 heterocycles. The van der Waals surface area contributed by atoms with Crippen LogP contribution in [0, 0.1) is 0 Å². The lowest BCUT2D eigenvalue weighted by atomic mass is 10.1. The van der Waals surface area contributed by atoms with Crippen LogP contribution in [0.25, 0.3) is 15.8 Å². The molecule has 2 aliphatic heterocycles. The molecular formula is C14H12N2OS2. The monoisotopic (exact) mass is 288 g/mol. The second kappa shape index (κ2) is 4.28. The van der Waals surface area contributed by atoms with Gasteiger partial charge in [-0.3, -0.25) is 4.99 Å². The molecule has 0 atom stereocenters. The van der Waals surface area contributed by atoms with E-state index in [1.54, 1.807) is 30.2 Å². The third-order valence-electron chi connectivity index (χ3n) is 3.42. The first kappa shape index (κ1) is 11.4. The third kappa shape index (κ3) is 1.69. The van der Waals surface area contributed by atoms with Crippen LogP contribution in [-0.2, 0) is 0 Å². The van der Waals surface area contributed by atoms with Gasteiger partial charge in [-0.2, -0.15) is 0 Å². The molecule has 0 spiro atoms. The molecule has 19 heavy (non-hydrogen) atoms. The summed E-state index contributed by atoms with van der Waals surface area (Å²) in [6.45, 7) is 1.90. The van der Waals surface area contributed by atoms with Crippen molar-refractivity contribution in [1.29, 1.82) is 0 Å². The average Bonchev–Trinajstić information content (AvgIpc) is 3.12. The minimum absolute atomic E-state index is 0.908. The lowest BCUT2D eigenvalue weighted by Crippen LogP contribution is -2.19. The van der Waals surface area contributed by atoms with Gasteiger partial charge >= 0.3 is 0 Å². The Labute approximate surface area is 119 Å². The van der Waals surface area contributed by atoms with E-state index in [1.807, 2.05) is 6.07 Å². The number of fused-ring (bicyclic) bond motifs is 2. The number of nitrogens with zero attached hydrogens (tertiary/aromatic N) is 2. The fraction of sp³-hybridized carbons (Fsp3) is 0.214. The second-order valence-corrected chi connectivity index (χ2v) is 6.20. The van der Waals surface area contributed by atoms with E-state index in [9.17, 15) is 0 Å². The van der Waals surface area contributed by atoms with Gasteiger partial charge < -0.3 is 9.64 Å². The van der Waals surface area contributed by atoms with Gasteiger partial charge in [0.25, 0.3) is 0 Å². The Morgan fingerprint density at radius 1 is 1.37 bits per heavy atom. The Balaban J connectivity index is 1.85. The van der Waals surface area contributed by atoms with Gasteiger partial charge in [0.15, 0.2) is 5.17 Å². The first-order valence-corrected chi connectivity index (χ1v) is 7.87. The largest absolute Gasteiger partial charge is 0.497 e. The normalized spacial score (nSPS) is 17.6. The van der Waals surface area contributed by atoms with Crippen LogP contribution in [0.1, 0.15) is 5.56 Å². The number of benzene rings is 1. The van der Waals surface area contributed by atoms with Gasteiger partial charge in [0.2, 0.25) is 0 Å². The predicted octanol–water partition coefficient (Wildman–Crippen LogP) is 3.63. The van der Waals surface area contributed by atoms with E-state index in [2.05, 4.69) is 32.8 Å². The predicted molar refractivity (Wildman–Crippen MR) is 83.0 cm³/mol. The Hall–Kier alpha value is -1.46. The molecule has 4 rings (SSSR count). The van der Waals surface area contributed by atoms with E-state index in [1.165, 1.54) is 21.3 Å². The summed E-state index contributed by atoms with van der Waals surface area (Å²) in [5.41, 5.74) is 2.57. The van der Waals surface area contributed by atoms with Crippen LogP contribution < -0.4 is 4.74 Å². The number of rotatable bonds is 2. The van der Waals surface area contributed by atoms with Gasteiger partial charge in [0.05, 0.1) is 19.4 Å². The first-order chi connectivity index (χ1) is 9.36. The van der Waals surface area contributed by atoms with Crippen LogP contribution in [0.2, 0.25) is 0 Å². The van der Waals surface area contributed by atoms with Crippen molar-refractivity contribution < 1.29 is 4.74 Å². The van der Waals surface area contributed by atoms with Crippen LogP contribution in [-0.4, -0.2) is 30.3 Å². The molecule has 2 aliphatic rings. The van der Waals surface area contributed by atoms with Gasteiger partial charge in [-0.25, -0.2) is 0 Å². The molecule has 0 aliphatic carbocycles. The molecule has 0 amide bonds. The molecule has 0 fully saturated rings. The number of ether oxygens (including phenoxy) is 1. The van der Waals surface area contributed by atoms with E-state index >= 15 is 0 Å². The Morgan fingerprint density at radius 2 is 2.32 bits per heavy atom. The molecule has 2 aromatic rings. The fourth-order valence-electron chi connectivity index (χ4n) is 2.47. The molecule has 0 N–H and O–H groups in total. The summed E-state index contributed by atoms with van der Waals surface area (Å²) >= 11 is 3.51. The van der Waals surface area contributed by atoms with Crippen molar-refractivity contribution in [1.82, 2.24) is 4.90 Å². The maximum absolute atomic E-state index is 5.34. The molecule has 3 nitrogen and oxygen atoms in total. The minimum Gasteiger partial charge on any atom is -0.497 e. The molecule has 1 aromatic heterocycles. The smallest absolute Gasteiger partial charge is 0.168 e. The van der Waals surface area contributed by atoms with Crippen molar-refractivity contribution >= 4 is 44.0 Å². The van der Waals surface area contributed by atoms with E-state index in [0.717, 1.165) is 24.0 Å². The lowest BCUT2D eigenvalue weighted by molar-refractivity contribution is 0.415. The average molecular weight is 288 g/mol. The highest BCUT2D eigenvalue weighted by molar-refractivity contribution is 8.16. The SMILES string of the molecule is COc1ccc2scc(C3=CSC4=NCCN34)c2c1. The fourth-order valence-corrected chi connectivity index (χ4v) is 4.35.